The zero-order valence-electron chi connectivity index (χ0n) is 15.9. The third-order valence-corrected chi connectivity index (χ3v) is 4.23. The van der Waals surface area contributed by atoms with Gasteiger partial charge in [-0.05, 0) is 36.9 Å². The van der Waals surface area contributed by atoms with Crippen molar-refractivity contribution >= 4 is 5.65 Å². The molecule has 0 spiro atoms. The quantitative estimate of drug-likeness (QED) is 0.637. The lowest BCUT2D eigenvalue weighted by Crippen LogP contribution is -2.21. The molecule has 0 aliphatic carbocycles. The van der Waals surface area contributed by atoms with E-state index in [0.29, 0.717) is 36.0 Å². The average molecular weight is 369 g/mol. The molecule has 0 saturated carbocycles. The second-order valence-electron chi connectivity index (χ2n) is 6.22. The Morgan fingerprint density at radius 3 is 2.33 bits per heavy atom. The molecule has 0 radical (unpaired) electrons. The molecule has 0 bridgehead atoms. The molecule has 0 aliphatic heterocycles. The number of ether oxygens (including phenoxy) is 3. The van der Waals surface area contributed by atoms with E-state index in [1.54, 1.807) is 33.6 Å². The van der Waals surface area contributed by atoms with Crippen molar-refractivity contribution in [1.29, 1.82) is 0 Å². The Bertz CT molecular complexity index is 975. The second-order valence-corrected chi connectivity index (χ2v) is 6.22. The number of rotatable bonds is 7. The Morgan fingerprint density at radius 1 is 1.00 bits per heavy atom. The van der Waals surface area contributed by atoms with Crippen molar-refractivity contribution in [2.24, 2.45) is 0 Å². The maximum atomic E-state index is 12.2. The van der Waals surface area contributed by atoms with Crippen LogP contribution >= 0.6 is 0 Å². The summed E-state index contributed by atoms with van der Waals surface area (Å²) >= 11 is 0. The number of pyridine rings is 1. The molecule has 1 aromatic carbocycles. The molecule has 27 heavy (non-hydrogen) atoms. The van der Waals surface area contributed by atoms with Crippen molar-refractivity contribution in [3.63, 3.8) is 0 Å². The summed E-state index contributed by atoms with van der Waals surface area (Å²) in [6.07, 6.45) is 1.72. The van der Waals surface area contributed by atoms with Crippen LogP contribution in [0.5, 0.6) is 17.2 Å². The van der Waals surface area contributed by atoms with E-state index in [1.165, 1.54) is 4.40 Å². The van der Waals surface area contributed by atoms with E-state index in [2.05, 4.69) is 9.88 Å². The molecular weight excluding hydrogens is 346 g/mol. The monoisotopic (exact) mass is 369 g/mol. The van der Waals surface area contributed by atoms with Gasteiger partial charge in [0.25, 0.3) is 5.56 Å². The van der Waals surface area contributed by atoms with Crippen LogP contribution in [0.25, 0.3) is 5.65 Å². The molecule has 7 nitrogen and oxygen atoms in total. The standard InChI is InChI=1S/C20H23N3O4/c1-22(12-14-9-16(25-2)20(27-4)17(10-14)26-3)13-15-11-19(24)23-8-6-5-7-18(23)21-15/h5-11H,12-13H2,1-4H3. The van der Waals surface area contributed by atoms with E-state index in [0.717, 1.165) is 11.3 Å². The zero-order valence-corrected chi connectivity index (χ0v) is 15.9. The van der Waals surface area contributed by atoms with Crippen LogP contribution in [-0.2, 0) is 13.1 Å². The van der Waals surface area contributed by atoms with E-state index >= 15 is 0 Å². The van der Waals surface area contributed by atoms with Gasteiger partial charge in [-0.2, -0.15) is 0 Å². The molecule has 0 saturated heterocycles. The zero-order chi connectivity index (χ0) is 19.4. The van der Waals surface area contributed by atoms with Gasteiger partial charge < -0.3 is 14.2 Å². The Balaban J connectivity index is 1.82. The first-order valence-electron chi connectivity index (χ1n) is 8.50. The molecule has 7 heteroatoms. The van der Waals surface area contributed by atoms with Crippen molar-refractivity contribution in [2.45, 2.75) is 13.1 Å². The van der Waals surface area contributed by atoms with Crippen LogP contribution in [0, 0.1) is 0 Å². The number of aromatic nitrogens is 2. The molecular formula is C20H23N3O4. The number of benzene rings is 1. The normalized spacial score (nSPS) is 11.0. The van der Waals surface area contributed by atoms with Gasteiger partial charge >= 0.3 is 0 Å². The third-order valence-electron chi connectivity index (χ3n) is 4.23. The van der Waals surface area contributed by atoms with Crippen molar-refractivity contribution < 1.29 is 14.2 Å². The topological polar surface area (TPSA) is 65.3 Å². The van der Waals surface area contributed by atoms with E-state index < -0.39 is 0 Å². The Morgan fingerprint density at radius 2 is 1.70 bits per heavy atom. The SMILES string of the molecule is COc1cc(CN(C)Cc2cc(=O)n3ccccc3n2)cc(OC)c1OC. The number of hydrogen-bond donors (Lipinski definition) is 0. The predicted octanol–water partition coefficient (Wildman–Crippen LogP) is 2.35. The van der Waals surface area contributed by atoms with Gasteiger partial charge in [0.2, 0.25) is 5.75 Å². The van der Waals surface area contributed by atoms with Crippen LogP contribution in [0.3, 0.4) is 0 Å². The van der Waals surface area contributed by atoms with Gasteiger partial charge in [0.05, 0.1) is 27.0 Å². The van der Waals surface area contributed by atoms with Gasteiger partial charge in [-0.15, -0.1) is 0 Å². The van der Waals surface area contributed by atoms with E-state index in [-0.39, 0.29) is 5.56 Å². The molecule has 2 heterocycles. The number of hydrogen-bond acceptors (Lipinski definition) is 6. The molecule has 3 aromatic rings. The van der Waals surface area contributed by atoms with Crippen molar-refractivity contribution in [3.8, 4) is 17.2 Å². The highest BCUT2D eigenvalue weighted by Crippen LogP contribution is 2.38. The number of nitrogens with zero attached hydrogens (tertiary/aromatic N) is 3. The lowest BCUT2D eigenvalue weighted by molar-refractivity contribution is 0.306. The van der Waals surface area contributed by atoms with E-state index in [4.69, 9.17) is 14.2 Å². The van der Waals surface area contributed by atoms with Gasteiger partial charge in [0.1, 0.15) is 5.65 Å². The summed E-state index contributed by atoms with van der Waals surface area (Å²) in [5.74, 6) is 1.79. The molecule has 0 unspecified atom stereocenters. The molecule has 0 amide bonds. The molecule has 3 rings (SSSR count). The summed E-state index contributed by atoms with van der Waals surface area (Å²) in [5.41, 5.74) is 2.28. The van der Waals surface area contributed by atoms with Crippen molar-refractivity contribution in [2.75, 3.05) is 28.4 Å². The molecule has 0 aliphatic rings. The first-order valence-corrected chi connectivity index (χ1v) is 8.50. The summed E-state index contributed by atoms with van der Waals surface area (Å²) in [5, 5.41) is 0. The van der Waals surface area contributed by atoms with E-state index in [1.807, 2.05) is 37.4 Å². The smallest absolute Gasteiger partial charge is 0.258 e. The highest BCUT2D eigenvalue weighted by Gasteiger charge is 2.14. The van der Waals surface area contributed by atoms with Gasteiger partial charge in [0.15, 0.2) is 11.5 Å². The molecule has 0 fully saturated rings. The van der Waals surface area contributed by atoms with Crippen LogP contribution in [0.15, 0.2) is 47.4 Å². The van der Waals surface area contributed by atoms with E-state index in [9.17, 15) is 4.79 Å². The second kappa shape index (κ2) is 8.09. The van der Waals surface area contributed by atoms with Crippen LogP contribution in [0.1, 0.15) is 11.3 Å². The van der Waals surface area contributed by atoms with Gasteiger partial charge in [0, 0.05) is 25.4 Å². The minimum Gasteiger partial charge on any atom is -0.493 e. The number of methoxy groups -OCH3 is 3. The maximum absolute atomic E-state index is 12.2. The summed E-state index contributed by atoms with van der Waals surface area (Å²) in [7, 11) is 6.74. The lowest BCUT2D eigenvalue weighted by atomic mass is 10.1. The largest absolute Gasteiger partial charge is 0.493 e. The lowest BCUT2D eigenvalue weighted by Gasteiger charge is -2.19. The third kappa shape index (κ3) is 4.03. The predicted molar refractivity (Wildman–Crippen MR) is 103 cm³/mol. The highest BCUT2D eigenvalue weighted by atomic mass is 16.5. The minimum absolute atomic E-state index is 0.0863. The van der Waals surface area contributed by atoms with Crippen LogP contribution in [0.4, 0.5) is 0 Å². The molecule has 0 N–H and O–H groups in total. The Kier molecular flexibility index (Phi) is 5.61. The Hall–Kier alpha value is -3.06. The van der Waals surface area contributed by atoms with Crippen LogP contribution < -0.4 is 19.8 Å². The number of fused-ring (bicyclic) bond motifs is 1. The average Bonchev–Trinajstić information content (AvgIpc) is 2.67. The summed E-state index contributed by atoms with van der Waals surface area (Å²) < 4.78 is 17.7. The Labute approximate surface area is 157 Å². The fraction of sp³-hybridized carbons (Fsp3) is 0.300. The first kappa shape index (κ1) is 18.7. The maximum Gasteiger partial charge on any atom is 0.258 e. The fourth-order valence-corrected chi connectivity index (χ4v) is 3.05. The van der Waals surface area contributed by atoms with Gasteiger partial charge in [-0.3, -0.25) is 14.1 Å². The van der Waals surface area contributed by atoms with Crippen LogP contribution in [-0.4, -0.2) is 42.7 Å². The molecule has 0 atom stereocenters. The minimum atomic E-state index is -0.0863. The fourth-order valence-electron chi connectivity index (χ4n) is 3.05. The first-order chi connectivity index (χ1) is 13.0. The van der Waals surface area contributed by atoms with Gasteiger partial charge in [-0.25, -0.2) is 4.98 Å². The van der Waals surface area contributed by atoms with Gasteiger partial charge in [-0.1, -0.05) is 6.07 Å². The summed E-state index contributed by atoms with van der Waals surface area (Å²) in [6, 6.07) is 10.9. The van der Waals surface area contributed by atoms with Crippen LogP contribution in [0.2, 0.25) is 0 Å². The highest BCUT2D eigenvalue weighted by molar-refractivity contribution is 5.53. The molecule has 142 valence electrons. The van der Waals surface area contributed by atoms with Crippen molar-refractivity contribution in [1.82, 2.24) is 14.3 Å². The summed E-state index contributed by atoms with van der Waals surface area (Å²) in [4.78, 5) is 18.9. The molecule has 2 aromatic heterocycles. The summed E-state index contributed by atoms with van der Waals surface area (Å²) in [6.45, 7) is 1.17. The van der Waals surface area contributed by atoms with Crippen molar-refractivity contribution in [3.05, 3.63) is 64.2 Å².